The molecule has 0 saturated carbocycles. The van der Waals surface area contributed by atoms with Gasteiger partial charge in [-0.1, -0.05) is 68.4 Å². The molecule has 4 fully saturated rings. The van der Waals surface area contributed by atoms with E-state index in [4.69, 9.17) is 4.74 Å². The van der Waals surface area contributed by atoms with E-state index in [9.17, 15) is 15.0 Å². The molecule has 5 aliphatic heterocycles. The first-order valence-corrected chi connectivity index (χ1v) is 23.9. The van der Waals surface area contributed by atoms with E-state index in [1.165, 1.54) is 50.2 Å². The van der Waals surface area contributed by atoms with E-state index in [1.54, 1.807) is 17.2 Å². The predicted molar refractivity (Wildman–Crippen MR) is 262 cm³/mol. The van der Waals surface area contributed by atoms with Gasteiger partial charge in [0, 0.05) is 88.8 Å². The molecule has 0 radical (unpaired) electrons. The van der Waals surface area contributed by atoms with Crippen LogP contribution in [0.2, 0.25) is 0 Å². The van der Waals surface area contributed by atoms with Gasteiger partial charge < -0.3 is 40.3 Å². The Kier molecular flexibility index (Phi) is 13.9. The normalized spacial score (nSPS) is 19.3. The number of aromatic nitrogens is 3. The molecule has 6 aromatic rings. The van der Waals surface area contributed by atoms with Gasteiger partial charge >= 0.3 is 6.01 Å². The molecule has 11 rings (SSSR count). The van der Waals surface area contributed by atoms with Gasteiger partial charge in [0.1, 0.15) is 28.5 Å². The Balaban J connectivity index is 0.000000150. The predicted octanol–water partition coefficient (Wildman–Crippen LogP) is 7.74. The molecular weight excluding hydrogens is 846 g/mol. The maximum atomic E-state index is 16.0. The van der Waals surface area contributed by atoms with Crippen LogP contribution in [0.3, 0.4) is 0 Å². The van der Waals surface area contributed by atoms with Crippen molar-refractivity contribution in [3.05, 3.63) is 112 Å². The molecular formula is C53H64FN9O4. The Hall–Kier alpha value is -5.93. The van der Waals surface area contributed by atoms with Crippen molar-refractivity contribution in [2.75, 3.05) is 71.4 Å². The van der Waals surface area contributed by atoms with E-state index < -0.39 is 5.82 Å². The quantitative estimate of drug-likeness (QED) is 0.125. The first-order chi connectivity index (χ1) is 32.4. The molecule has 4 aromatic carbocycles. The van der Waals surface area contributed by atoms with Crippen LogP contribution in [-0.2, 0) is 19.6 Å². The first kappa shape index (κ1) is 46.2. The third-order valence-electron chi connectivity index (χ3n) is 13.9. The van der Waals surface area contributed by atoms with Crippen LogP contribution in [0.5, 0.6) is 17.5 Å². The third-order valence-corrected chi connectivity index (χ3v) is 13.9. The second-order valence-electron chi connectivity index (χ2n) is 19.1. The number of likely N-dealkylation sites (tertiary alicyclic amines) is 1. The molecule has 4 saturated heterocycles. The Bertz CT molecular complexity index is 2740. The molecule has 13 nitrogen and oxygen atoms in total. The van der Waals surface area contributed by atoms with Crippen LogP contribution in [0.4, 0.5) is 10.2 Å². The zero-order valence-electron chi connectivity index (χ0n) is 39.5. The number of anilines is 1. The van der Waals surface area contributed by atoms with Crippen molar-refractivity contribution in [2.45, 2.75) is 84.1 Å². The lowest BCUT2D eigenvalue weighted by Gasteiger charge is -2.34. The summed E-state index contributed by atoms with van der Waals surface area (Å²) < 4.78 is 21.4. The fraction of sp³-hybridized carbons (Fsp3) is 0.434. The van der Waals surface area contributed by atoms with E-state index in [0.29, 0.717) is 47.6 Å². The van der Waals surface area contributed by atoms with Crippen molar-refractivity contribution in [3.8, 4) is 28.8 Å². The lowest BCUT2D eigenvalue weighted by atomic mass is 9.97. The van der Waals surface area contributed by atoms with Gasteiger partial charge in [-0.2, -0.15) is 9.97 Å². The highest BCUT2D eigenvalue weighted by Gasteiger charge is 2.34. The Morgan fingerprint density at radius 2 is 1.61 bits per heavy atom. The van der Waals surface area contributed by atoms with Crippen LogP contribution >= 0.6 is 0 Å². The van der Waals surface area contributed by atoms with Gasteiger partial charge in [-0.15, -0.1) is 0 Å². The number of carbonyl (C=O) groups is 1. The molecule has 2 aromatic heterocycles. The number of phenolic OH excluding ortho intramolecular Hbond substituents is 2. The highest BCUT2D eigenvalue weighted by molar-refractivity contribution is 6.01. The number of carbonyl (C=O) groups excluding carboxylic acids is 1. The maximum absolute atomic E-state index is 16.0. The standard InChI is InChI=1S/C25H24FN5O.C23H29N3O3.C5H11N/c1-14-5-3-6-15-7-4-8-18(20(14)15)22-21(26)23-19(11-27-22)24(30-25(29-23)32-2)31-12-16-9-10-17(13-31)28-16;1-15(2)19-10-20(22(28)11-21(19)27)23(29)26-13-17-4-3-16(9-18(17)14-26)12-25-7-5-24-6-8-25;1-6-4-2-3-5-6/h3-8,11,16-17,28H,9-10,12-13H2,1-2H3;3-4,9-11,15,24,27-28H,5-8,12-14H2,1-2H3;2-5H2,1H3. The molecule has 14 heteroatoms. The fourth-order valence-electron chi connectivity index (χ4n) is 10.3. The number of pyridine rings is 1. The number of ether oxygens (including phenoxy) is 1. The number of aromatic hydroxyl groups is 2. The lowest BCUT2D eigenvalue weighted by Crippen LogP contribution is -2.51. The number of fused-ring (bicyclic) bond motifs is 5. The number of hydrogen-bond acceptors (Lipinski definition) is 12. The average molecular weight is 910 g/mol. The van der Waals surface area contributed by atoms with Crippen molar-refractivity contribution in [3.63, 3.8) is 0 Å². The minimum atomic E-state index is -0.446. The molecule has 67 heavy (non-hydrogen) atoms. The number of nitrogens with zero attached hydrogens (tertiary/aromatic N) is 7. The van der Waals surface area contributed by atoms with Gasteiger partial charge in [0.2, 0.25) is 0 Å². The highest BCUT2D eigenvalue weighted by atomic mass is 19.1. The number of hydrogen-bond donors (Lipinski definition) is 4. The van der Waals surface area contributed by atoms with Gasteiger partial charge in [-0.25, -0.2) is 4.39 Å². The maximum Gasteiger partial charge on any atom is 0.318 e. The molecule has 352 valence electrons. The molecule has 5 aliphatic rings. The molecule has 4 N–H and O–H groups in total. The number of nitrogens with one attached hydrogen (secondary N) is 2. The number of amides is 1. The summed E-state index contributed by atoms with van der Waals surface area (Å²) in [4.78, 5) is 35.5. The first-order valence-electron chi connectivity index (χ1n) is 23.9. The monoisotopic (exact) mass is 910 g/mol. The minimum Gasteiger partial charge on any atom is -0.508 e. The number of aryl methyl sites for hydroxylation is 1. The van der Waals surface area contributed by atoms with Gasteiger partial charge in [-0.05, 0) is 103 Å². The summed E-state index contributed by atoms with van der Waals surface area (Å²) in [7, 11) is 3.69. The van der Waals surface area contributed by atoms with Crippen LogP contribution in [0.25, 0.3) is 32.9 Å². The van der Waals surface area contributed by atoms with Crippen LogP contribution in [0.15, 0.2) is 72.9 Å². The van der Waals surface area contributed by atoms with Crippen molar-refractivity contribution < 1.29 is 24.1 Å². The zero-order chi connectivity index (χ0) is 46.8. The molecule has 0 spiro atoms. The number of phenols is 2. The summed E-state index contributed by atoms with van der Waals surface area (Å²) in [6, 6.07) is 22.4. The van der Waals surface area contributed by atoms with Crippen LogP contribution in [0.1, 0.15) is 83.6 Å². The van der Waals surface area contributed by atoms with Gasteiger partial charge in [0.25, 0.3) is 5.91 Å². The average Bonchev–Trinajstić information content (AvgIpc) is 4.08. The smallest absolute Gasteiger partial charge is 0.318 e. The van der Waals surface area contributed by atoms with Gasteiger partial charge in [-0.3, -0.25) is 14.7 Å². The molecule has 2 unspecified atom stereocenters. The van der Waals surface area contributed by atoms with Gasteiger partial charge in [0.05, 0.1) is 18.1 Å². The van der Waals surface area contributed by atoms with Crippen molar-refractivity contribution in [2.24, 2.45) is 0 Å². The fourth-order valence-corrected chi connectivity index (χ4v) is 10.3. The number of rotatable bonds is 7. The van der Waals surface area contributed by atoms with Crippen LogP contribution in [-0.4, -0.2) is 124 Å². The highest BCUT2D eigenvalue weighted by Crippen LogP contribution is 2.38. The van der Waals surface area contributed by atoms with E-state index in [-0.39, 0.29) is 40.4 Å². The second-order valence-corrected chi connectivity index (χ2v) is 19.1. The summed E-state index contributed by atoms with van der Waals surface area (Å²) in [5.74, 6) is -0.0473. The SMILES string of the molecule is CC(C)c1cc(C(=O)N2Cc3ccc(CN4CCNCC4)cc3C2)c(O)cc1O.CN1CCCC1.COc1nc(N2CC3CCC(C2)N3)c2cnc(-c3cccc4cccc(C)c34)c(F)c2n1. The molecule has 2 bridgehead atoms. The summed E-state index contributed by atoms with van der Waals surface area (Å²) in [6.07, 6.45) is 6.84. The van der Waals surface area contributed by atoms with E-state index in [0.717, 1.165) is 86.1 Å². The lowest BCUT2D eigenvalue weighted by molar-refractivity contribution is 0.0748. The Labute approximate surface area is 393 Å². The molecule has 7 heterocycles. The number of halogens is 1. The minimum absolute atomic E-state index is 0.0244. The number of benzene rings is 4. The topological polar surface area (TPSA) is 142 Å². The molecule has 0 aliphatic carbocycles. The van der Waals surface area contributed by atoms with E-state index >= 15 is 4.39 Å². The summed E-state index contributed by atoms with van der Waals surface area (Å²) in [5.41, 5.74) is 6.91. The van der Waals surface area contributed by atoms with Gasteiger partial charge in [0.15, 0.2) is 5.82 Å². The Morgan fingerprint density at radius 3 is 2.30 bits per heavy atom. The van der Waals surface area contributed by atoms with Crippen LogP contribution < -0.4 is 20.3 Å². The van der Waals surface area contributed by atoms with Crippen LogP contribution in [0, 0.1) is 12.7 Å². The largest absolute Gasteiger partial charge is 0.508 e. The Morgan fingerprint density at radius 1 is 0.896 bits per heavy atom. The van der Waals surface area contributed by atoms with E-state index in [2.05, 4.69) is 65.5 Å². The summed E-state index contributed by atoms with van der Waals surface area (Å²) >= 11 is 0. The molecule has 1 amide bonds. The number of piperazine rings is 2. The summed E-state index contributed by atoms with van der Waals surface area (Å²) in [6.45, 7) is 16.4. The second kappa shape index (κ2) is 20.1. The zero-order valence-corrected chi connectivity index (χ0v) is 39.5. The summed E-state index contributed by atoms with van der Waals surface area (Å²) in [5, 5.41) is 30.0. The van der Waals surface area contributed by atoms with Crippen molar-refractivity contribution in [1.82, 2.24) is 40.3 Å². The number of methoxy groups -OCH3 is 1. The van der Waals surface area contributed by atoms with E-state index in [1.807, 2.05) is 57.2 Å². The molecule has 2 atom stereocenters. The van der Waals surface area contributed by atoms with Crippen molar-refractivity contribution in [1.29, 1.82) is 0 Å². The third kappa shape index (κ3) is 10.0. The van der Waals surface area contributed by atoms with Crippen molar-refractivity contribution >= 4 is 33.4 Å².